The van der Waals surface area contributed by atoms with Gasteiger partial charge >= 0.3 is 0 Å². The molecule has 2 aromatic rings. The van der Waals surface area contributed by atoms with Crippen LogP contribution in [0.5, 0.6) is 0 Å². The summed E-state index contributed by atoms with van der Waals surface area (Å²) in [5, 5.41) is 6.89. The lowest BCUT2D eigenvalue weighted by molar-refractivity contribution is -0.114. The molecular formula is C14H13Cl2N3O. The lowest BCUT2D eigenvalue weighted by Crippen LogP contribution is -2.22. The van der Waals surface area contributed by atoms with Crippen molar-refractivity contribution in [2.45, 2.75) is 6.92 Å². The van der Waals surface area contributed by atoms with E-state index in [1.165, 1.54) is 6.20 Å². The molecular weight excluding hydrogens is 297 g/mol. The summed E-state index contributed by atoms with van der Waals surface area (Å²) < 4.78 is 0. The summed E-state index contributed by atoms with van der Waals surface area (Å²) >= 11 is 11.7. The lowest BCUT2D eigenvalue weighted by Gasteiger charge is -2.10. The number of nitrogens with zero attached hydrogens (tertiary/aromatic N) is 1. The van der Waals surface area contributed by atoms with E-state index in [0.29, 0.717) is 15.9 Å². The van der Waals surface area contributed by atoms with Gasteiger partial charge in [0.2, 0.25) is 5.91 Å². The van der Waals surface area contributed by atoms with Crippen LogP contribution in [0.15, 0.2) is 36.5 Å². The summed E-state index contributed by atoms with van der Waals surface area (Å²) in [6.45, 7) is 2.02. The summed E-state index contributed by atoms with van der Waals surface area (Å²) in [5.41, 5.74) is 1.74. The van der Waals surface area contributed by atoms with Gasteiger partial charge in [-0.05, 0) is 36.8 Å². The molecule has 20 heavy (non-hydrogen) atoms. The van der Waals surface area contributed by atoms with Gasteiger partial charge in [-0.3, -0.25) is 4.79 Å². The van der Waals surface area contributed by atoms with Crippen LogP contribution in [0.25, 0.3) is 0 Å². The smallest absolute Gasteiger partial charge is 0.244 e. The Morgan fingerprint density at radius 2 is 2.05 bits per heavy atom. The Balaban J connectivity index is 1.92. The fourth-order valence-electron chi connectivity index (χ4n) is 1.61. The van der Waals surface area contributed by atoms with E-state index in [1.54, 1.807) is 18.2 Å². The number of anilines is 2. The second-order valence-electron chi connectivity index (χ2n) is 4.18. The fraction of sp³-hybridized carbons (Fsp3) is 0.143. The maximum Gasteiger partial charge on any atom is 0.244 e. The van der Waals surface area contributed by atoms with E-state index in [1.807, 2.05) is 19.1 Å². The Kier molecular flexibility index (Phi) is 4.82. The lowest BCUT2D eigenvalue weighted by atomic mass is 10.2. The van der Waals surface area contributed by atoms with Gasteiger partial charge in [0.1, 0.15) is 5.82 Å². The summed E-state index contributed by atoms with van der Waals surface area (Å²) in [6, 6.07) is 8.81. The molecule has 0 fully saturated rings. The van der Waals surface area contributed by atoms with Gasteiger partial charge in [0.25, 0.3) is 0 Å². The topological polar surface area (TPSA) is 54.0 Å². The SMILES string of the molecule is Cc1c(Cl)cccc1NCC(=O)Nc1ccc(Cl)cn1. The normalized spacial score (nSPS) is 10.2. The molecule has 6 heteroatoms. The second-order valence-corrected chi connectivity index (χ2v) is 5.02. The van der Waals surface area contributed by atoms with E-state index in [9.17, 15) is 4.79 Å². The Morgan fingerprint density at radius 3 is 2.75 bits per heavy atom. The molecule has 0 bridgehead atoms. The quantitative estimate of drug-likeness (QED) is 0.904. The van der Waals surface area contributed by atoms with Crippen LogP contribution in [0.4, 0.5) is 11.5 Å². The first-order chi connectivity index (χ1) is 9.56. The highest BCUT2D eigenvalue weighted by Crippen LogP contribution is 2.22. The van der Waals surface area contributed by atoms with Crippen molar-refractivity contribution >= 4 is 40.6 Å². The third-order valence-corrected chi connectivity index (χ3v) is 3.34. The summed E-state index contributed by atoms with van der Waals surface area (Å²) in [4.78, 5) is 15.8. The van der Waals surface area contributed by atoms with Crippen molar-refractivity contribution in [1.82, 2.24) is 4.98 Å². The van der Waals surface area contributed by atoms with E-state index >= 15 is 0 Å². The molecule has 2 N–H and O–H groups in total. The van der Waals surface area contributed by atoms with Crippen LogP contribution in [0, 0.1) is 6.92 Å². The van der Waals surface area contributed by atoms with Crippen molar-refractivity contribution in [2.24, 2.45) is 0 Å². The number of hydrogen-bond donors (Lipinski definition) is 2. The Morgan fingerprint density at radius 1 is 1.25 bits per heavy atom. The van der Waals surface area contributed by atoms with Gasteiger partial charge in [0.15, 0.2) is 0 Å². The number of rotatable bonds is 4. The Labute approximate surface area is 127 Å². The first-order valence-electron chi connectivity index (χ1n) is 5.96. The Bertz CT molecular complexity index is 614. The van der Waals surface area contributed by atoms with E-state index in [-0.39, 0.29) is 12.5 Å². The van der Waals surface area contributed by atoms with Crippen LogP contribution in [0.1, 0.15) is 5.56 Å². The van der Waals surface area contributed by atoms with Crippen molar-refractivity contribution in [3.8, 4) is 0 Å². The zero-order valence-corrected chi connectivity index (χ0v) is 12.3. The third kappa shape index (κ3) is 3.85. The molecule has 0 aliphatic heterocycles. The second kappa shape index (κ2) is 6.59. The number of carbonyl (C=O) groups excluding carboxylic acids is 1. The third-order valence-electron chi connectivity index (χ3n) is 2.70. The number of benzene rings is 1. The minimum absolute atomic E-state index is 0.130. The number of hydrogen-bond acceptors (Lipinski definition) is 3. The number of aromatic nitrogens is 1. The van der Waals surface area contributed by atoms with Crippen molar-refractivity contribution < 1.29 is 4.79 Å². The van der Waals surface area contributed by atoms with Crippen LogP contribution < -0.4 is 10.6 Å². The van der Waals surface area contributed by atoms with E-state index in [0.717, 1.165) is 11.3 Å². The molecule has 0 saturated heterocycles. The minimum atomic E-state index is -0.195. The van der Waals surface area contributed by atoms with Gasteiger partial charge in [-0.1, -0.05) is 29.3 Å². The van der Waals surface area contributed by atoms with Crippen LogP contribution >= 0.6 is 23.2 Å². The minimum Gasteiger partial charge on any atom is -0.376 e. The average molecular weight is 310 g/mol. The summed E-state index contributed by atoms with van der Waals surface area (Å²) in [5.74, 6) is 0.267. The largest absolute Gasteiger partial charge is 0.376 e. The maximum atomic E-state index is 11.8. The molecule has 1 amide bonds. The number of carbonyl (C=O) groups is 1. The zero-order valence-electron chi connectivity index (χ0n) is 10.8. The highest BCUT2D eigenvalue weighted by Gasteiger charge is 2.06. The molecule has 0 aliphatic rings. The molecule has 0 saturated carbocycles. The molecule has 0 atom stereocenters. The van der Waals surface area contributed by atoms with Crippen LogP contribution in [0.2, 0.25) is 10.0 Å². The van der Waals surface area contributed by atoms with Crippen molar-refractivity contribution in [1.29, 1.82) is 0 Å². The van der Waals surface area contributed by atoms with Crippen molar-refractivity contribution in [2.75, 3.05) is 17.2 Å². The molecule has 0 radical (unpaired) electrons. The van der Waals surface area contributed by atoms with Gasteiger partial charge < -0.3 is 10.6 Å². The van der Waals surface area contributed by atoms with Gasteiger partial charge in [-0.25, -0.2) is 4.98 Å². The molecule has 1 aromatic heterocycles. The summed E-state index contributed by atoms with van der Waals surface area (Å²) in [7, 11) is 0. The average Bonchev–Trinajstić information content (AvgIpc) is 2.43. The van der Waals surface area contributed by atoms with Crippen LogP contribution in [-0.4, -0.2) is 17.4 Å². The molecule has 2 rings (SSSR count). The van der Waals surface area contributed by atoms with Crippen molar-refractivity contribution in [3.05, 3.63) is 52.1 Å². The highest BCUT2D eigenvalue weighted by molar-refractivity contribution is 6.31. The molecule has 1 aromatic carbocycles. The number of pyridine rings is 1. The standard InChI is InChI=1S/C14H13Cl2N3O/c1-9-11(16)3-2-4-12(9)17-8-14(20)19-13-6-5-10(15)7-18-13/h2-7,17H,8H2,1H3,(H,18,19,20). The molecule has 1 heterocycles. The van der Waals surface area contributed by atoms with Gasteiger partial charge in [0, 0.05) is 16.9 Å². The first-order valence-corrected chi connectivity index (χ1v) is 6.72. The molecule has 0 unspecified atom stereocenters. The first kappa shape index (κ1) is 14.6. The van der Waals surface area contributed by atoms with Gasteiger partial charge in [-0.2, -0.15) is 0 Å². The molecule has 4 nitrogen and oxygen atoms in total. The zero-order chi connectivity index (χ0) is 14.5. The summed E-state index contributed by atoms with van der Waals surface area (Å²) in [6.07, 6.45) is 1.48. The molecule has 0 aliphatic carbocycles. The number of halogens is 2. The van der Waals surface area contributed by atoms with Crippen molar-refractivity contribution in [3.63, 3.8) is 0 Å². The van der Waals surface area contributed by atoms with Gasteiger partial charge in [0.05, 0.1) is 11.6 Å². The highest BCUT2D eigenvalue weighted by atomic mass is 35.5. The predicted molar refractivity (Wildman–Crippen MR) is 82.6 cm³/mol. The van der Waals surface area contributed by atoms with E-state index in [2.05, 4.69) is 15.6 Å². The molecule has 104 valence electrons. The van der Waals surface area contributed by atoms with E-state index < -0.39 is 0 Å². The number of nitrogens with one attached hydrogen (secondary N) is 2. The van der Waals surface area contributed by atoms with Crippen LogP contribution in [-0.2, 0) is 4.79 Å². The fourth-order valence-corrected chi connectivity index (χ4v) is 1.90. The van der Waals surface area contributed by atoms with E-state index in [4.69, 9.17) is 23.2 Å². The van der Waals surface area contributed by atoms with Crippen LogP contribution in [0.3, 0.4) is 0 Å². The maximum absolute atomic E-state index is 11.8. The monoisotopic (exact) mass is 309 g/mol. The molecule has 0 spiro atoms. The van der Waals surface area contributed by atoms with Gasteiger partial charge in [-0.15, -0.1) is 0 Å². The predicted octanol–water partition coefficient (Wildman–Crippen LogP) is 3.75. The Hall–Kier alpha value is -1.78. The number of amides is 1.